The molecule has 4 N–H and O–H groups in total. The van der Waals surface area contributed by atoms with E-state index in [1.807, 2.05) is 6.92 Å². The number of thioether (sulfide) groups is 1. The number of fused-ring (bicyclic) bond motifs is 1. The third-order valence-corrected chi connectivity index (χ3v) is 8.21. The van der Waals surface area contributed by atoms with Gasteiger partial charge in [-0.2, -0.15) is 0 Å². The first-order chi connectivity index (χ1) is 13.3. The lowest BCUT2D eigenvalue weighted by Crippen LogP contribution is -2.63. The Morgan fingerprint density at radius 2 is 2.21 bits per heavy atom. The molecule has 2 saturated heterocycles. The number of carboxylic acids is 1. The van der Waals surface area contributed by atoms with Crippen LogP contribution in [-0.4, -0.2) is 68.2 Å². The van der Waals surface area contributed by atoms with Crippen LogP contribution >= 0.6 is 23.1 Å². The predicted octanol–water partition coefficient (Wildman–Crippen LogP) is 0.870. The second-order valence-electron chi connectivity index (χ2n) is 7.40. The van der Waals surface area contributed by atoms with Gasteiger partial charge < -0.3 is 25.7 Å². The third kappa shape index (κ3) is 3.00. The predicted molar refractivity (Wildman–Crippen MR) is 106 cm³/mol. The SMILES string of the molecule is CNc1nnc([C@@H]2C[C@H](SC3=C(C(=O)O)N4C(=O)[C@H]([C@@H](C)O)[C@H]4[C@H]3C)CN2)s1. The lowest BCUT2D eigenvalue weighted by molar-refractivity contribution is -0.163. The average molecular weight is 426 g/mol. The molecule has 0 bridgehead atoms. The lowest BCUT2D eigenvalue weighted by atomic mass is 9.79. The number of carbonyl (C=O) groups is 2. The molecule has 11 heteroatoms. The van der Waals surface area contributed by atoms with Gasteiger partial charge in [-0.1, -0.05) is 18.3 Å². The average Bonchev–Trinajstić information content (AvgIpc) is 3.33. The molecule has 0 spiro atoms. The van der Waals surface area contributed by atoms with Gasteiger partial charge >= 0.3 is 5.97 Å². The molecule has 9 nitrogen and oxygen atoms in total. The number of aliphatic hydroxyl groups is 1. The van der Waals surface area contributed by atoms with Gasteiger partial charge in [-0.25, -0.2) is 4.79 Å². The number of hydrogen-bond acceptors (Lipinski definition) is 9. The molecule has 152 valence electrons. The van der Waals surface area contributed by atoms with Crippen molar-refractivity contribution in [2.75, 3.05) is 18.9 Å². The molecule has 0 aliphatic carbocycles. The fourth-order valence-electron chi connectivity index (χ4n) is 4.32. The number of aliphatic hydroxyl groups excluding tert-OH is 1. The van der Waals surface area contributed by atoms with Gasteiger partial charge in [-0.15, -0.1) is 22.0 Å². The van der Waals surface area contributed by atoms with E-state index in [0.717, 1.165) is 28.0 Å². The summed E-state index contributed by atoms with van der Waals surface area (Å²) < 4.78 is 0. The fraction of sp³-hybridized carbons (Fsp3) is 0.647. The van der Waals surface area contributed by atoms with Gasteiger partial charge in [-0.3, -0.25) is 4.79 Å². The minimum atomic E-state index is -1.08. The largest absolute Gasteiger partial charge is 0.477 e. The van der Waals surface area contributed by atoms with E-state index in [9.17, 15) is 19.8 Å². The number of anilines is 1. The zero-order valence-corrected chi connectivity index (χ0v) is 17.4. The fourth-order valence-corrected chi connectivity index (χ4v) is 6.58. The highest BCUT2D eigenvalue weighted by Crippen LogP contribution is 2.52. The Morgan fingerprint density at radius 1 is 1.46 bits per heavy atom. The van der Waals surface area contributed by atoms with E-state index in [4.69, 9.17) is 0 Å². The Balaban J connectivity index is 1.51. The van der Waals surface area contributed by atoms with Gasteiger partial charge in [0.25, 0.3) is 0 Å². The van der Waals surface area contributed by atoms with Crippen molar-refractivity contribution in [3.05, 3.63) is 15.6 Å². The van der Waals surface area contributed by atoms with Crippen molar-refractivity contribution in [2.24, 2.45) is 11.8 Å². The molecule has 0 saturated carbocycles. The topological polar surface area (TPSA) is 128 Å². The van der Waals surface area contributed by atoms with Crippen LogP contribution in [0.25, 0.3) is 0 Å². The van der Waals surface area contributed by atoms with Gasteiger partial charge in [0.1, 0.15) is 10.7 Å². The molecule has 0 radical (unpaired) electrons. The van der Waals surface area contributed by atoms with Crippen molar-refractivity contribution in [1.82, 2.24) is 20.4 Å². The number of carboxylic acid groups (broad SMARTS) is 1. The maximum absolute atomic E-state index is 12.4. The van der Waals surface area contributed by atoms with Gasteiger partial charge in [-0.05, 0) is 13.3 Å². The van der Waals surface area contributed by atoms with Gasteiger partial charge in [0.15, 0.2) is 0 Å². The molecular weight excluding hydrogens is 402 g/mol. The lowest BCUT2D eigenvalue weighted by Gasteiger charge is -2.46. The molecule has 3 aliphatic heterocycles. The molecule has 28 heavy (non-hydrogen) atoms. The summed E-state index contributed by atoms with van der Waals surface area (Å²) in [6.07, 6.45) is 0.0248. The number of carbonyl (C=O) groups excluding carboxylic acids is 1. The van der Waals surface area contributed by atoms with Crippen LogP contribution in [0.2, 0.25) is 0 Å². The molecule has 1 aromatic heterocycles. The van der Waals surface area contributed by atoms with Gasteiger partial charge in [0, 0.05) is 29.7 Å². The van der Waals surface area contributed by atoms with Crippen molar-refractivity contribution >= 4 is 40.1 Å². The Hall–Kier alpha value is -1.69. The van der Waals surface area contributed by atoms with Crippen LogP contribution in [0, 0.1) is 11.8 Å². The number of aliphatic carboxylic acids is 1. The number of amides is 1. The molecule has 1 amide bonds. The molecule has 4 rings (SSSR count). The number of β-lactam (4-membered cyclic amide) rings is 1. The summed E-state index contributed by atoms with van der Waals surface area (Å²) in [5, 5.41) is 36.2. The summed E-state index contributed by atoms with van der Waals surface area (Å²) in [7, 11) is 1.80. The van der Waals surface area contributed by atoms with E-state index in [2.05, 4.69) is 20.8 Å². The molecule has 2 fully saturated rings. The third-order valence-electron chi connectivity index (χ3n) is 5.65. The summed E-state index contributed by atoms with van der Waals surface area (Å²) in [5.41, 5.74) is 0.0845. The highest BCUT2D eigenvalue weighted by Gasteiger charge is 2.60. The summed E-state index contributed by atoms with van der Waals surface area (Å²) >= 11 is 3.04. The van der Waals surface area contributed by atoms with Crippen molar-refractivity contribution < 1.29 is 19.8 Å². The van der Waals surface area contributed by atoms with E-state index in [1.54, 1.807) is 14.0 Å². The van der Waals surface area contributed by atoms with E-state index in [0.29, 0.717) is 0 Å². The minimum Gasteiger partial charge on any atom is -0.477 e. The van der Waals surface area contributed by atoms with Crippen LogP contribution in [0.15, 0.2) is 10.6 Å². The summed E-state index contributed by atoms with van der Waals surface area (Å²) in [6.45, 7) is 4.26. The van der Waals surface area contributed by atoms with Crippen molar-refractivity contribution in [3.8, 4) is 0 Å². The summed E-state index contributed by atoms with van der Waals surface area (Å²) in [4.78, 5) is 26.4. The first kappa shape index (κ1) is 19.6. The summed E-state index contributed by atoms with van der Waals surface area (Å²) in [5.74, 6) is -2.02. The number of nitrogens with one attached hydrogen (secondary N) is 2. The monoisotopic (exact) mass is 425 g/mol. The van der Waals surface area contributed by atoms with Crippen LogP contribution in [0.4, 0.5) is 5.13 Å². The first-order valence-electron chi connectivity index (χ1n) is 9.23. The van der Waals surface area contributed by atoms with E-state index in [1.165, 1.54) is 28.0 Å². The molecule has 6 atom stereocenters. The maximum atomic E-state index is 12.4. The van der Waals surface area contributed by atoms with Crippen LogP contribution in [0.3, 0.4) is 0 Å². The van der Waals surface area contributed by atoms with Crippen LogP contribution in [0.5, 0.6) is 0 Å². The molecule has 3 aliphatic rings. The van der Waals surface area contributed by atoms with Crippen LogP contribution < -0.4 is 10.6 Å². The Kier molecular flexibility index (Phi) is 5.10. The second kappa shape index (κ2) is 7.29. The van der Waals surface area contributed by atoms with E-state index in [-0.39, 0.29) is 34.9 Å². The quantitative estimate of drug-likeness (QED) is 0.491. The number of rotatable bonds is 6. The number of nitrogens with zero attached hydrogens (tertiary/aromatic N) is 3. The first-order valence-corrected chi connectivity index (χ1v) is 10.9. The van der Waals surface area contributed by atoms with E-state index >= 15 is 0 Å². The van der Waals surface area contributed by atoms with Gasteiger partial charge in [0.05, 0.1) is 24.1 Å². The zero-order chi connectivity index (χ0) is 20.2. The highest BCUT2D eigenvalue weighted by molar-refractivity contribution is 8.03. The molecule has 4 heterocycles. The van der Waals surface area contributed by atoms with Gasteiger partial charge in [0.2, 0.25) is 11.0 Å². The van der Waals surface area contributed by atoms with Crippen molar-refractivity contribution in [3.63, 3.8) is 0 Å². The normalized spacial score (nSPS) is 33.1. The zero-order valence-electron chi connectivity index (χ0n) is 15.7. The molecular formula is C17H23N5O4S2. The standard InChI is InChI=1S/C17H23N5O4S2/c1-6-11-10(7(2)23)15(24)22(11)12(16(25)26)13(6)27-8-4-9(19-5-8)14-20-21-17(18-3)28-14/h6-11,19,23H,4-5H2,1-3H3,(H,18,21)(H,25,26)/t6-,7-,8+,9+,10-,11-/m1/s1. The molecule has 1 aromatic rings. The number of hydrogen-bond donors (Lipinski definition) is 4. The Labute approximate surface area is 170 Å². The maximum Gasteiger partial charge on any atom is 0.353 e. The summed E-state index contributed by atoms with van der Waals surface area (Å²) in [6, 6.07) is -0.181. The van der Waals surface area contributed by atoms with E-state index < -0.39 is 18.0 Å². The Bertz CT molecular complexity index is 841. The molecule has 0 unspecified atom stereocenters. The van der Waals surface area contributed by atoms with Crippen LogP contribution in [-0.2, 0) is 9.59 Å². The minimum absolute atomic E-state index is 0.0845. The van der Waals surface area contributed by atoms with Crippen molar-refractivity contribution in [1.29, 1.82) is 0 Å². The Morgan fingerprint density at radius 3 is 2.82 bits per heavy atom. The second-order valence-corrected chi connectivity index (χ2v) is 9.76. The van der Waals surface area contributed by atoms with Crippen molar-refractivity contribution in [2.45, 2.75) is 43.7 Å². The van der Waals surface area contributed by atoms with Crippen LogP contribution in [0.1, 0.15) is 31.3 Å². The smallest absolute Gasteiger partial charge is 0.353 e. The molecule has 0 aromatic carbocycles. The highest BCUT2D eigenvalue weighted by atomic mass is 32.2. The number of aromatic nitrogens is 2.